The minimum atomic E-state index is -0.344. The number of fused-ring (bicyclic) bond motifs is 1. The number of imide groups is 1. The summed E-state index contributed by atoms with van der Waals surface area (Å²) in [5.41, 5.74) is 1.97. The molecule has 1 aromatic heterocycles. The molecule has 0 aliphatic carbocycles. The molecule has 104 valence electrons. The molecule has 1 N–H and O–H groups in total. The van der Waals surface area contributed by atoms with E-state index >= 15 is 0 Å². The predicted molar refractivity (Wildman–Crippen MR) is 77.8 cm³/mol. The quantitative estimate of drug-likeness (QED) is 0.913. The van der Waals surface area contributed by atoms with Crippen molar-refractivity contribution in [2.45, 2.75) is 26.3 Å². The molecule has 1 saturated heterocycles. The molecule has 0 radical (unpaired) electrons. The van der Waals surface area contributed by atoms with E-state index in [1.165, 1.54) is 0 Å². The van der Waals surface area contributed by atoms with Crippen LogP contribution in [0, 0.1) is 0 Å². The summed E-state index contributed by atoms with van der Waals surface area (Å²) in [5.74, 6) is -0.210. The Morgan fingerprint density at radius 2 is 2.00 bits per heavy atom. The Morgan fingerprint density at radius 3 is 2.70 bits per heavy atom. The summed E-state index contributed by atoms with van der Waals surface area (Å²) in [4.78, 5) is 24.6. The number of amides is 3. The minimum Gasteiger partial charge on any atom is -0.345 e. The topological polar surface area (TPSA) is 54.3 Å². The van der Waals surface area contributed by atoms with Crippen molar-refractivity contribution in [3.63, 3.8) is 0 Å². The summed E-state index contributed by atoms with van der Waals surface area (Å²) in [5, 5.41) is 3.44. The third kappa shape index (κ3) is 2.05. The smallest absolute Gasteiger partial charge is 0.328 e. The maximum absolute atomic E-state index is 11.8. The van der Waals surface area contributed by atoms with E-state index < -0.39 is 0 Å². The van der Waals surface area contributed by atoms with Gasteiger partial charge in [0.05, 0.1) is 0 Å². The van der Waals surface area contributed by atoms with Gasteiger partial charge in [-0.2, -0.15) is 0 Å². The largest absolute Gasteiger partial charge is 0.345 e. The molecule has 1 fully saturated rings. The molecule has 1 aromatic carbocycles. The van der Waals surface area contributed by atoms with Crippen molar-refractivity contribution in [2.75, 3.05) is 11.4 Å². The summed E-state index contributed by atoms with van der Waals surface area (Å²) >= 11 is 0. The molecule has 5 heteroatoms. The number of urea groups is 1. The van der Waals surface area contributed by atoms with Crippen molar-refractivity contribution in [3.8, 4) is 0 Å². The van der Waals surface area contributed by atoms with E-state index in [9.17, 15) is 9.59 Å². The normalized spacial score (nSPS) is 16.1. The van der Waals surface area contributed by atoms with Crippen LogP contribution in [0.1, 0.15) is 26.3 Å². The summed E-state index contributed by atoms with van der Waals surface area (Å²) < 4.78 is 2.19. The van der Waals surface area contributed by atoms with E-state index in [4.69, 9.17) is 0 Å². The van der Waals surface area contributed by atoms with Crippen LogP contribution >= 0.6 is 0 Å². The summed E-state index contributed by atoms with van der Waals surface area (Å²) in [6.07, 6.45) is 2.40. The second kappa shape index (κ2) is 4.67. The maximum atomic E-state index is 11.8. The van der Waals surface area contributed by atoms with Crippen molar-refractivity contribution >= 4 is 28.5 Å². The lowest BCUT2D eigenvalue weighted by atomic mass is 10.2. The molecule has 3 rings (SSSR count). The van der Waals surface area contributed by atoms with E-state index in [0.717, 1.165) is 16.6 Å². The number of hydrogen-bond donors (Lipinski definition) is 1. The average Bonchev–Trinajstić information content (AvgIpc) is 2.81. The van der Waals surface area contributed by atoms with Crippen LogP contribution in [0.4, 0.5) is 10.5 Å². The first-order chi connectivity index (χ1) is 9.56. The third-order valence-electron chi connectivity index (χ3n) is 3.63. The highest BCUT2D eigenvalue weighted by molar-refractivity contribution is 6.06. The van der Waals surface area contributed by atoms with Crippen LogP contribution in [0.5, 0.6) is 0 Å². The summed E-state index contributed by atoms with van der Waals surface area (Å²) in [6, 6.07) is 8.04. The zero-order valence-electron chi connectivity index (χ0n) is 11.6. The van der Waals surface area contributed by atoms with Gasteiger partial charge in [0, 0.05) is 41.8 Å². The standard InChI is InChI=1S/C15H17N3O2/c1-10(2)17-7-5-11-9-12(3-4-13(11)17)18-8-6-14(19)16-15(18)20/h3-5,7,9-10H,6,8H2,1-2H3,(H,16,19,20). The van der Waals surface area contributed by atoms with Gasteiger partial charge in [-0.15, -0.1) is 0 Å². The van der Waals surface area contributed by atoms with Crippen molar-refractivity contribution in [1.29, 1.82) is 0 Å². The Bertz CT molecular complexity index is 687. The number of nitrogens with one attached hydrogen (secondary N) is 1. The predicted octanol–water partition coefficient (Wildman–Crippen LogP) is 2.67. The highest BCUT2D eigenvalue weighted by Gasteiger charge is 2.24. The van der Waals surface area contributed by atoms with Gasteiger partial charge in [0.2, 0.25) is 5.91 Å². The lowest BCUT2D eigenvalue weighted by Gasteiger charge is -2.26. The van der Waals surface area contributed by atoms with Gasteiger partial charge >= 0.3 is 6.03 Å². The SMILES string of the molecule is CC(C)n1ccc2cc(N3CCC(=O)NC3=O)ccc21. The monoisotopic (exact) mass is 271 g/mol. The molecule has 2 aromatic rings. The lowest BCUT2D eigenvalue weighted by Crippen LogP contribution is -2.49. The molecule has 0 unspecified atom stereocenters. The fourth-order valence-corrected chi connectivity index (χ4v) is 2.58. The van der Waals surface area contributed by atoms with E-state index in [0.29, 0.717) is 19.0 Å². The number of carbonyl (C=O) groups excluding carboxylic acids is 2. The van der Waals surface area contributed by atoms with E-state index in [1.54, 1.807) is 4.90 Å². The van der Waals surface area contributed by atoms with Gasteiger partial charge < -0.3 is 4.57 Å². The van der Waals surface area contributed by atoms with Crippen LogP contribution in [0.2, 0.25) is 0 Å². The first kappa shape index (κ1) is 12.7. The molecule has 3 amide bonds. The van der Waals surface area contributed by atoms with Crippen LogP contribution in [0.3, 0.4) is 0 Å². The van der Waals surface area contributed by atoms with E-state index in [1.807, 2.05) is 24.3 Å². The number of benzene rings is 1. The Morgan fingerprint density at radius 1 is 1.20 bits per heavy atom. The van der Waals surface area contributed by atoms with Crippen molar-refractivity contribution in [3.05, 3.63) is 30.5 Å². The number of rotatable bonds is 2. The van der Waals surface area contributed by atoms with Crippen LogP contribution in [-0.2, 0) is 4.79 Å². The molecular formula is C15H17N3O2. The zero-order chi connectivity index (χ0) is 14.3. The van der Waals surface area contributed by atoms with Gasteiger partial charge in [0.15, 0.2) is 0 Å². The average molecular weight is 271 g/mol. The highest BCUT2D eigenvalue weighted by Crippen LogP contribution is 2.26. The Hall–Kier alpha value is -2.30. The van der Waals surface area contributed by atoms with Gasteiger partial charge in [0.1, 0.15) is 0 Å². The van der Waals surface area contributed by atoms with Crippen molar-refractivity contribution < 1.29 is 9.59 Å². The molecule has 1 aliphatic rings. The number of carbonyl (C=O) groups is 2. The number of aromatic nitrogens is 1. The van der Waals surface area contributed by atoms with Gasteiger partial charge in [0.25, 0.3) is 0 Å². The zero-order valence-corrected chi connectivity index (χ0v) is 11.6. The highest BCUT2D eigenvalue weighted by atomic mass is 16.2. The molecule has 0 atom stereocenters. The van der Waals surface area contributed by atoms with Crippen molar-refractivity contribution in [2.24, 2.45) is 0 Å². The molecule has 0 spiro atoms. The van der Waals surface area contributed by atoms with Crippen LogP contribution < -0.4 is 10.2 Å². The molecule has 0 bridgehead atoms. The minimum absolute atomic E-state index is 0.210. The van der Waals surface area contributed by atoms with E-state index in [-0.39, 0.29) is 11.9 Å². The third-order valence-corrected chi connectivity index (χ3v) is 3.63. The summed E-state index contributed by atoms with van der Waals surface area (Å²) in [7, 11) is 0. The van der Waals surface area contributed by atoms with Crippen LogP contribution in [0.25, 0.3) is 10.9 Å². The Balaban J connectivity index is 1.97. The second-order valence-electron chi connectivity index (χ2n) is 5.31. The number of anilines is 1. The molecule has 0 saturated carbocycles. The first-order valence-electron chi connectivity index (χ1n) is 6.78. The number of hydrogen-bond acceptors (Lipinski definition) is 2. The first-order valence-corrected chi connectivity index (χ1v) is 6.78. The number of nitrogens with zero attached hydrogens (tertiary/aromatic N) is 2. The van der Waals surface area contributed by atoms with Gasteiger partial charge in [-0.25, -0.2) is 4.79 Å². The molecular weight excluding hydrogens is 254 g/mol. The van der Waals surface area contributed by atoms with Gasteiger partial charge in [-0.05, 0) is 38.1 Å². The van der Waals surface area contributed by atoms with Crippen molar-refractivity contribution in [1.82, 2.24) is 9.88 Å². The second-order valence-corrected chi connectivity index (χ2v) is 5.31. The van der Waals surface area contributed by atoms with Gasteiger partial charge in [-0.3, -0.25) is 15.0 Å². The molecule has 20 heavy (non-hydrogen) atoms. The Labute approximate surface area is 117 Å². The lowest BCUT2D eigenvalue weighted by molar-refractivity contribution is -0.120. The fraction of sp³-hybridized carbons (Fsp3) is 0.333. The fourth-order valence-electron chi connectivity index (χ4n) is 2.58. The van der Waals surface area contributed by atoms with E-state index in [2.05, 4.69) is 29.9 Å². The molecule has 2 heterocycles. The maximum Gasteiger partial charge on any atom is 0.328 e. The van der Waals surface area contributed by atoms with Crippen LogP contribution in [-0.4, -0.2) is 23.1 Å². The van der Waals surface area contributed by atoms with Crippen LogP contribution in [0.15, 0.2) is 30.5 Å². The summed E-state index contributed by atoms with van der Waals surface area (Å²) in [6.45, 7) is 4.70. The molecule has 5 nitrogen and oxygen atoms in total. The molecule has 1 aliphatic heterocycles. The van der Waals surface area contributed by atoms with Gasteiger partial charge in [-0.1, -0.05) is 0 Å². The Kier molecular flexibility index (Phi) is 2.97.